The summed E-state index contributed by atoms with van der Waals surface area (Å²) >= 11 is 1.76. The van der Waals surface area contributed by atoms with Crippen LogP contribution in [0.4, 0.5) is 0 Å². The van der Waals surface area contributed by atoms with Gasteiger partial charge in [-0.3, -0.25) is 0 Å². The number of aliphatic hydroxyl groups is 1. The third kappa shape index (κ3) is 2.37. The van der Waals surface area contributed by atoms with E-state index < -0.39 is 0 Å². The molecule has 1 atom stereocenters. The van der Waals surface area contributed by atoms with Crippen LogP contribution < -0.4 is 5.32 Å². The zero-order chi connectivity index (χ0) is 12.3. The maximum absolute atomic E-state index is 9.66. The summed E-state index contributed by atoms with van der Waals surface area (Å²) in [6.45, 7) is 0.281. The topological polar surface area (TPSA) is 32.3 Å². The van der Waals surface area contributed by atoms with Crippen LogP contribution in [-0.4, -0.2) is 25.0 Å². The summed E-state index contributed by atoms with van der Waals surface area (Å²) in [5.74, 6) is 0. The number of aliphatic hydroxyl groups excluding tert-OH is 1. The molecule has 1 fully saturated rings. The van der Waals surface area contributed by atoms with Crippen LogP contribution in [0, 0.1) is 5.41 Å². The minimum Gasteiger partial charge on any atom is -0.396 e. The molecule has 2 N–H and O–H groups in total. The standard InChI is InChI=1S/C14H21NOS/c1-15-13(14(10-16)8-3-9-14)11-4-6-12(17-2)7-5-11/h4-7,13,15-16H,3,8-10H2,1-2H3. The Bertz CT molecular complexity index is 353. The summed E-state index contributed by atoms with van der Waals surface area (Å²) in [6, 6.07) is 8.96. The van der Waals surface area contributed by atoms with E-state index in [4.69, 9.17) is 0 Å². The molecule has 0 radical (unpaired) electrons. The Labute approximate surface area is 108 Å². The molecule has 0 saturated heterocycles. The van der Waals surface area contributed by atoms with E-state index in [2.05, 4.69) is 35.8 Å². The van der Waals surface area contributed by atoms with Gasteiger partial charge < -0.3 is 10.4 Å². The zero-order valence-corrected chi connectivity index (χ0v) is 11.4. The summed E-state index contributed by atoms with van der Waals surface area (Å²) in [7, 11) is 1.99. The minimum atomic E-state index is 0.0651. The van der Waals surface area contributed by atoms with Gasteiger partial charge in [0.15, 0.2) is 0 Å². The van der Waals surface area contributed by atoms with E-state index in [1.54, 1.807) is 11.8 Å². The van der Waals surface area contributed by atoms with Gasteiger partial charge in [0.1, 0.15) is 0 Å². The summed E-state index contributed by atoms with van der Waals surface area (Å²) in [6.07, 6.45) is 5.58. The first kappa shape index (κ1) is 12.9. The van der Waals surface area contributed by atoms with Crippen molar-refractivity contribution in [3.8, 4) is 0 Å². The van der Waals surface area contributed by atoms with Crippen molar-refractivity contribution < 1.29 is 5.11 Å². The molecule has 0 heterocycles. The first-order valence-corrected chi connectivity index (χ1v) is 7.40. The van der Waals surface area contributed by atoms with Crippen molar-refractivity contribution in [1.29, 1.82) is 0 Å². The van der Waals surface area contributed by atoms with Crippen LogP contribution in [0.25, 0.3) is 0 Å². The number of benzene rings is 1. The maximum Gasteiger partial charge on any atom is 0.0505 e. The molecule has 1 aromatic carbocycles. The van der Waals surface area contributed by atoms with Crippen molar-refractivity contribution in [2.75, 3.05) is 19.9 Å². The fourth-order valence-electron chi connectivity index (χ4n) is 2.79. The maximum atomic E-state index is 9.66. The van der Waals surface area contributed by atoms with E-state index in [-0.39, 0.29) is 18.1 Å². The van der Waals surface area contributed by atoms with Crippen LogP contribution >= 0.6 is 11.8 Å². The predicted molar refractivity (Wildman–Crippen MR) is 73.4 cm³/mol. The average molecular weight is 251 g/mol. The number of hydrogen-bond donors (Lipinski definition) is 2. The van der Waals surface area contributed by atoms with Gasteiger partial charge in [0.25, 0.3) is 0 Å². The molecule has 1 aliphatic carbocycles. The van der Waals surface area contributed by atoms with E-state index in [0.29, 0.717) is 0 Å². The van der Waals surface area contributed by atoms with Crippen LogP contribution in [0.15, 0.2) is 29.2 Å². The Kier molecular flexibility index (Phi) is 4.13. The molecule has 0 spiro atoms. The molecule has 0 bridgehead atoms. The Morgan fingerprint density at radius 3 is 2.35 bits per heavy atom. The zero-order valence-electron chi connectivity index (χ0n) is 10.6. The second-order valence-corrected chi connectivity index (χ2v) is 5.75. The van der Waals surface area contributed by atoms with Crippen LogP contribution in [0.1, 0.15) is 30.9 Å². The lowest BCUT2D eigenvalue weighted by molar-refractivity contribution is 0.00782. The third-order valence-electron chi connectivity index (χ3n) is 4.01. The lowest BCUT2D eigenvalue weighted by Crippen LogP contribution is -2.44. The van der Waals surface area contributed by atoms with E-state index in [1.807, 2.05) is 7.05 Å². The third-order valence-corrected chi connectivity index (χ3v) is 4.76. The van der Waals surface area contributed by atoms with Gasteiger partial charge in [-0.15, -0.1) is 11.8 Å². The minimum absolute atomic E-state index is 0.0651. The predicted octanol–water partition coefficient (Wildman–Crippen LogP) is 2.83. The van der Waals surface area contributed by atoms with Crippen molar-refractivity contribution in [2.24, 2.45) is 5.41 Å². The molecular formula is C14H21NOS. The second kappa shape index (κ2) is 5.42. The number of nitrogens with one attached hydrogen (secondary N) is 1. The molecule has 1 saturated carbocycles. The molecule has 2 nitrogen and oxygen atoms in total. The highest BCUT2D eigenvalue weighted by atomic mass is 32.2. The van der Waals surface area contributed by atoms with Crippen LogP contribution in [-0.2, 0) is 0 Å². The SMILES string of the molecule is CNC(c1ccc(SC)cc1)C1(CO)CCC1. The summed E-state index contributed by atoms with van der Waals surface area (Å²) in [5, 5.41) is 13.0. The Morgan fingerprint density at radius 1 is 1.35 bits per heavy atom. The largest absolute Gasteiger partial charge is 0.396 e. The fraction of sp³-hybridized carbons (Fsp3) is 0.571. The van der Waals surface area contributed by atoms with Gasteiger partial charge in [-0.2, -0.15) is 0 Å². The summed E-state index contributed by atoms with van der Waals surface area (Å²) < 4.78 is 0. The molecular weight excluding hydrogens is 230 g/mol. The van der Waals surface area contributed by atoms with Crippen LogP contribution in [0.3, 0.4) is 0 Å². The van der Waals surface area contributed by atoms with E-state index in [9.17, 15) is 5.11 Å². The van der Waals surface area contributed by atoms with Gasteiger partial charge in [-0.1, -0.05) is 18.6 Å². The van der Waals surface area contributed by atoms with Crippen molar-refractivity contribution in [2.45, 2.75) is 30.2 Å². The van der Waals surface area contributed by atoms with E-state index >= 15 is 0 Å². The van der Waals surface area contributed by atoms with Crippen molar-refractivity contribution in [1.82, 2.24) is 5.32 Å². The first-order valence-electron chi connectivity index (χ1n) is 6.18. The fourth-order valence-corrected chi connectivity index (χ4v) is 3.20. The van der Waals surface area contributed by atoms with Crippen molar-refractivity contribution in [3.63, 3.8) is 0 Å². The molecule has 1 unspecified atom stereocenters. The van der Waals surface area contributed by atoms with Crippen LogP contribution in [0.2, 0.25) is 0 Å². The average Bonchev–Trinajstić information content (AvgIpc) is 2.34. The molecule has 0 aliphatic heterocycles. The molecule has 2 rings (SSSR count). The molecule has 0 aromatic heterocycles. The molecule has 1 aliphatic rings. The smallest absolute Gasteiger partial charge is 0.0505 e. The van der Waals surface area contributed by atoms with E-state index in [1.165, 1.54) is 16.9 Å². The van der Waals surface area contributed by atoms with Gasteiger partial charge in [-0.05, 0) is 43.8 Å². The number of rotatable bonds is 5. The first-order chi connectivity index (χ1) is 8.25. The lowest BCUT2D eigenvalue weighted by Gasteiger charge is -2.46. The number of hydrogen-bond acceptors (Lipinski definition) is 3. The van der Waals surface area contributed by atoms with Gasteiger partial charge in [-0.25, -0.2) is 0 Å². The van der Waals surface area contributed by atoms with Gasteiger partial charge in [0.2, 0.25) is 0 Å². The molecule has 1 aromatic rings. The van der Waals surface area contributed by atoms with Gasteiger partial charge in [0, 0.05) is 16.4 Å². The number of thioether (sulfide) groups is 1. The monoisotopic (exact) mass is 251 g/mol. The molecule has 0 amide bonds. The van der Waals surface area contributed by atoms with Crippen molar-refractivity contribution >= 4 is 11.8 Å². The second-order valence-electron chi connectivity index (χ2n) is 4.87. The molecule has 17 heavy (non-hydrogen) atoms. The Morgan fingerprint density at radius 2 is 2.00 bits per heavy atom. The Hall–Kier alpha value is -0.510. The normalized spacial score (nSPS) is 19.7. The quantitative estimate of drug-likeness (QED) is 0.789. The lowest BCUT2D eigenvalue weighted by atomic mass is 9.63. The van der Waals surface area contributed by atoms with Gasteiger partial charge >= 0.3 is 0 Å². The summed E-state index contributed by atoms with van der Waals surface area (Å²) in [5.41, 5.74) is 1.36. The van der Waals surface area contributed by atoms with E-state index in [0.717, 1.165) is 12.8 Å². The highest BCUT2D eigenvalue weighted by Gasteiger charge is 2.43. The Balaban J connectivity index is 2.22. The summed E-state index contributed by atoms with van der Waals surface area (Å²) in [4.78, 5) is 1.29. The van der Waals surface area contributed by atoms with Crippen molar-refractivity contribution in [3.05, 3.63) is 29.8 Å². The van der Waals surface area contributed by atoms with Crippen LogP contribution in [0.5, 0.6) is 0 Å². The highest BCUT2D eigenvalue weighted by molar-refractivity contribution is 7.98. The molecule has 94 valence electrons. The molecule has 3 heteroatoms. The highest BCUT2D eigenvalue weighted by Crippen LogP contribution is 2.49. The van der Waals surface area contributed by atoms with Gasteiger partial charge in [0.05, 0.1) is 6.61 Å².